The number of hydrogen-bond donors (Lipinski definition) is 1. The fourth-order valence-corrected chi connectivity index (χ4v) is 4.36. The molecule has 0 unspecified atom stereocenters. The Hall–Kier alpha value is -2.66. The van der Waals surface area contributed by atoms with Crippen molar-refractivity contribution in [3.05, 3.63) is 64.2 Å². The molecular weight excluding hydrogens is 352 g/mol. The maximum Gasteiger partial charge on any atom is 0.338 e. The number of rotatable bonds is 4. The van der Waals surface area contributed by atoms with E-state index in [-0.39, 0.29) is 11.9 Å². The SMILES string of the molecule is COC(=O)c1cccc2c1CN(CC(=O)Nc1cccc3c1CCCC3)CC2. The minimum atomic E-state index is -0.320. The van der Waals surface area contributed by atoms with E-state index in [1.54, 1.807) is 6.07 Å². The zero-order valence-electron chi connectivity index (χ0n) is 16.3. The Morgan fingerprint density at radius 2 is 1.75 bits per heavy atom. The molecule has 0 atom stereocenters. The Balaban J connectivity index is 1.45. The Labute approximate surface area is 165 Å². The van der Waals surface area contributed by atoms with Crippen molar-refractivity contribution in [1.29, 1.82) is 0 Å². The number of anilines is 1. The first-order valence-electron chi connectivity index (χ1n) is 9.98. The van der Waals surface area contributed by atoms with Crippen LogP contribution in [0.4, 0.5) is 5.69 Å². The summed E-state index contributed by atoms with van der Waals surface area (Å²) in [6.45, 7) is 1.71. The zero-order chi connectivity index (χ0) is 19.5. The number of nitrogens with zero attached hydrogens (tertiary/aromatic N) is 1. The summed E-state index contributed by atoms with van der Waals surface area (Å²) in [5, 5.41) is 3.12. The lowest BCUT2D eigenvalue weighted by Crippen LogP contribution is -2.38. The highest BCUT2D eigenvalue weighted by molar-refractivity contribution is 5.93. The lowest BCUT2D eigenvalue weighted by atomic mass is 9.90. The first kappa shape index (κ1) is 18.7. The second-order valence-electron chi connectivity index (χ2n) is 7.59. The lowest BCUT2D eigenvalue weighted by molar-refractivity contribution is -0.117. The molecule has 1 N–H and O–H groups in total. The molecule has 1 heterocycles. The summed E-state index contributed by atoms with van der Waals surface area (Å²) in [5.41, 5.74) is 6.34. The van der Waals surface area contributed by atoms with Crippen LogP contribution in [0.1, 0.15) is 45.5 Å². The molecule has 1 aliphatic heterocycles. The van der Waals surface area contributed by atoms with Gasteiger partial charge in [0.1, 0.15) is 0 Å². The van der Waals surface area contributed by atoms with Crippen LogP contribution in [-0.2, 0) is 35.3 Å². The quantitative estimate of drug-likeness (QED) is 0.829. The summed E-state index contributed by atoms with van der Waals surface area (Å²) < 4.78 is 4.91. The van der Waals surface area contributed by atoms with Crippen LogP contribution >= 0.6 is 0 Å². The molecule has 4 rings (SSSR count). The second kappa shape index (κ2) is 8.15. The molecule has 0 bridgehead atoms. The van der Waals surface area contributed by atoms with Crippen molar-refractivity contribution in [3.63, 3.8) is 0 Å². The van der Waals surface area contributed by atoms with Crippen molar-refractivity contribution in [2.45, 2.75) is 38.6 Å². The lowest BCUT2D eigenvalue weighted by Gasteiger charge is -2.29. The van der Waals surface area contributed by atoms with Crippen molar-refractivity contribution < 1.29 is 14.3 Å². The van der Waals surface area contributed by atoms with Gasteiger partial charge < -0.3 is 10.1 Å². The molecule has 0 fully saturated rings. The summed E-state index contributed by atoms with van der Waals surface area (Å²) in [7, 11) is 1.40. The maximum absolute atomic E-state index is 12.7. The van der Waals surface area contributed by atoms with E-state index in [1.807, 2.05) is 18.2 Å². The van der Waals surface area contributed by atoms with E-state index in [0.717, 1.165) is 42.6 Å². The van der Waals surface area contributed by atoms with E-state index in [1.165, 1.54) is 31.1 Å². The monoisotopic (exact) mass is 378 g/mol. The van der Waals surface area contributed by atoms with E-state index in [4.69, 9.17) is 4.74 Å². The molecule has 5 nitrogen and oxygen atoms in total. The number of ether oxygens (including phenoxy) is 1. The highest BCUT2D eigenvalue weighted by Crippen LogP contribution is 2.28. The van der Waals surface area contributed by atoms with Crippen LogP contribution in [0.2, 0.25) is 0 Å². The van der Waals surface area contributed by atoms with E-state index in [9.17, 15) is 9.59 Å². The van der Waals surface area contributed by atoms with Gasteiger partial charge in [-0.15, -0.1) is 0 Å². The van der Waals surface area contributed by atoms with Crippen LogP contribution in [0.15, 0.2) is 36.4 Å². The molecule has 0 aromatic heterocycles. The molecule has 2 aromatic carbocycles. The molecular formula is C23H26N2O3. The Kier molecular flexibility index (Phi) is 5.44. The number of methoxy groups -OCH3 is 1. The number of benzene rings is 2. The summed E-state index contributed by atoms with van der Waals surface area (Å²) in [6, 6.07) is 11.9. The minimum Gasteiger partial charge on any atom is -0.465 e. The molecule has 0 radical (unpaired) electrons. The zero-order valence-corrected chi connectivity index (χ0v) is 16.3. The van der Waals surface area contributed by atoms with Crippen LogP contribution in [0.3, 0.4) is 0 Å². The van der Waals surface area contributed by atoms with Gasteiger partial charge in [-0.1, -0.05) is 24.3 Å². The summed E-state index contributed by atoms with van der Waals surface area (Å²) in [6.07, 6.45) is 5.36. The third-order valence-corrected chi connectivity index (χ3v) is 5.79. The van der Waals surface area contributed by atoms with Gasteiger partial charge in [-0.2, -0.15) is 0 Å². The Morgan fingerprint density at radius 3 is 2.57 bits per heavy atom. The number of fused-ring (bicyclic) bond motifs is 2. The van der Waals surface area contributed by atoms with E-state index >= 15 is 0 Å². The molecule has 28 heavy (non-hydrogen) atoms. The van der Waals surface area contributed by atoms with E-state index < -0.39 is 0 Å². The van der Waals surface area contributed by atoms with Crippen molar-refractivity contribution in [1.82, 2.24) is 4.90 Å². The van der Waals surface area contributed by atoms with Gasteiger partial charge in [0.25, 0.3) is 0 Å². The molecule has 146 valence electrons. The van der Waals surface area contributed by atoms with Gasteiger partial charge in [0.2, 0.25) is 5.91 Å². The molecule has 1 amide bonds. The molecule has 5 heteroatoms. The second-order valence-corrected chi connectivity index (χ2v) is 7.59. The van der Waals surface area contributed by atoms with Gasteiger partial charge in [0, 0.05) is 18.8 Å². The fourth-order valence-electron chi connectivity index (χ4n) is 4.36. The number of carbonyl (C=O) groups is 2. The smallest absolute Gasteiger partial charge is 0.338 e. The van der Waals surface area contributed by atoms with Gasteiger partial charge in [0.05, 0.1) is 19.2 Å². The third-order valence-electron chi connectivity index (χ3n) is 5.79. The normalized spacial score (nSPS) is 16.0. The van der Waals surface area contributed by atoms with Crippen LogP contribution < -0.4 is 5.32 Å². The molecule has 0 saturated carbocycles. The summed E-state index contributed by atoms with van der Waals surface area (Å²) in [4.78, 5) is 26.9. The third kappa shape index (κ3) is 3.80. The van der Waals surface area contributed by atoms with Gasteiger partial charge in [-0.05, 0) is 66.5 Å². The maximum atomic E-state index is 12.7. The summed E-state index contributed by atoms with van der Waals surface area (Å²) in [5.74, 6) is -0.322. The molecule has 1 aliphatic carbocycles. The molecule has 0 spiro atoms. The largest absolute Gasteiger partial charge is 0.465 e. The van der Waals surface area contributed by atoms with Crippen LogP contribution in [0.5, 0.6) is 0 Å². The molecule has 2 aliphatic rings. The predicted octanol–water partition coefficient (Wildman–Crippen LogP) is 3.35. The van der Waals surface area contributed by atoms with Crippen LogP contribution in [0, 0.1) is 0 Å². The van der Waals surface area contributed by atoms with Gasteiger partial charge in [-0.25, -0.2) is 4.79 Å². The number of nitrogens with one attached hydrogen (secondary N) is 1. The van der Waals surface area contributed by atoms with Gasteiger partial charge in [-0.3, -0.25) is 9.69 Å². The molecule has 0 saturated heterocycles. The highest BCUT2D eigenvalue weighted by Gasteiger charge is 2.24. The number of aryl methyl sites for hydroxylation is 1. The van der Waals surface area contributed by atoms with E-state index in [0.29, 0.717) is 18.7 Å². The molecule has 2 aromatic rings. The van der Waals surface area contributed by atoms with Crippen LogP contribution in [0.25, 0.3) is 0 Å². The first-order valence-corrected chi connectivity index (χ1v) is 9.98. The fraction of sp³-hybridized carbons (Fsp3) is 0.391. The van der Waals surface area contributed by atoms with Crippen molar-refractivity contribution >= 4 is 17.6 Å². The van der Waals surface area contributed by atoms with Crippen LogP contribution in [-0.4, -0.2) is 37.0 Å². The number of hydrogen-bond acceptors (Lipinski definition) is 4. The average Bonchev–Trinajstić information content (AvgIpc) is 2.73. The van der Waals surface area contributed by atoms with Crippen molar-refractivity contribution in [2.24, 2.45) is 0 Å². The Bertz CT molecular complexity index is 907. The first-order chi connectivity index (χ1) is 13.7. The highest BCUT2D eigenvalue weighted by atomic mass is 16.5. The van der Waals surface area contributed by atoms with E-state index in [2.05, 4.69) is 22.3 Å². The average molecular weight is 378 g/mol. The number of esters is 1. The van der Waals surface area contributed by atoms with Crippen molar-refractivity contribution in [2.75, 3.05) is 25.5 Å². The Morgan fingerprint density at radius 1 is 1.00 bits per heavy atom. The van der Waals surface area contributed by atoms with Crippen molar-refractivity contribution in [3.8, 4) is 0 Å². The van der Waals surface area contributed by atoms with Gasteiger partial charge >= 0.3 is 5.97 Å². The number of amides is 1. The minimum absolute atomic E-state index is 0.00188. The number of carbonyl (C=O) groups excluding carboxylic acids is 2. The predicted molar refractivity (Wildman–Crippen MR) is 108 cm³/mol. The topological polar surface area (TPSA) is 58.6 Å². The summed E-state index contributed by atoms with van der Waals surface area (Å²) >= 11 is 0. The standard InChI is InChI=1S/C23H26N2O3/c1-28-23(27)19-10-4-7-17-12-13-25(14-20(17)19)15-22(26)24-21-11-5-8-16-6-2-3-9-18(16)21/h4-5,7-8,10-11H,2-3,6,9,12-15H2,1H3,(H,24,26). The van der Waals surface area contributed by atoms with Gasteiger partial charge in [0.15, 0.2) is 0 Å².